The van der Waals surface area contributed by atoms with Crippen molar-refractivity contribution in [2.24, 2.45) is 0 Å². The molecule has 1 amide bonds. The molecule has 5 heteroatoms. The van der Waals surface area contributed by atoms with Crippen molar-refractivity contribution < 1.29 is 13.9 Å². The van der Waals surface area contributed by atoms with Crippen LogP contribution in [0.5, 0.6) is 0 Å². The van der Waals surface area contributed by atoms with E-state index in [1.54, 1.807) is 13.0 Å². The number of carbonyl (C=O) groups excluding carboxylic acids is 1. The summed E-state index contributed by atoms with van der Waals surface area (Å²) < 4.78 is 18.7. The van der Waals surface area contributed by atoms with Gasteiger partial charge in [-0.2, -0.15) is 0 Å². The lowest BCUT2D eigenvalue weighted by atomic mass is 10.1. The van der Waals surface area contributed by atoms with Crippen LogP contribution in [0.4, 0.5) is 9.18 Å². The molecular weight excluding hydrogens is 331 g/mol. The number of rotatable bonds is 6. The highest BCUT2D eigenvalue weighted by atomic mass is 19.1. The van der Waals surface area contributed by atoms with Gasteiger partial charge in [0.15, 0.2) is 0 Å². The maximum absolute atomic E-state index is 13.5. The van der Waals surface area contributed by atoms with Crippen molar-refractivity contribution in [2.45, 2.75) is 52.9 Å². The van der Waals surface area contributed by atoms with Gasteiger partial charge in [0, 0.05) is 19.6 Å². The lowest BCUT2D eigenvalue weighted by molar-refractivity contribution is 0.0523. The van der Waals surface area contributed by atoms with E-state index in [1.807, 2.05) is 51.1 Å². The molecule has 0 aromatic heterocycles. The summed E-state index contributed by atoms with van der Waals surface area (Å²) in [5.41, 5.74) is 3.27. The summed E-state index contributed by atoms with van der Waals surface area (Å²) in [6.07, 6.45) is -0.422. The quantitative estimate of drug-likeness (QED) is 0.802. The number of carbonyl (C=O) groups is 1. The molecule has 26 heavy (non-hydrogen) atoms. The van der Waals surface area contributed by atoms with E-state index in [2.05, 4.69) is 10.6 Å². The van der Waals surface area contributed by atoms with E-state index < -0.39 is 11.7 Å². The maximum atomic E-state index is 13.5. The lowest BCUT2D eigenvalue weighted by Gasteiger charge is -2.19. The Morgan fingerprint density at radius 3 is 2.23 bits per heavy atom. The highest BCUT2D eigenvalue weighted by Crippen LogP contribution is 2.12. The standard InChI is InChI=1S/C21H27FN2O2/c1-15-18(6-5-7-19(15)22)14-23-12-16-8-10-17(11-9-16)13-24-20(25)26-21(2,3)4/h5-11,23H,12-14H2,1-4H3,(H,24,25). The van der Waals surface area contributed by atoms with Gasteiger partial charge >= 0.3 is 6.09 Å². The highest BCUT2D eigenvalue weighted by Gasteiger charge is 2.15. The molecule has 0 atom stereocenters. The van der Waals surface area contributed by atoms with E-state index in [4.69, 9.17) is 4.74 Å². The Kier molecular flexibility index (Phi) is 6.75. The van der Waals surface area contributed by atoms with E-state index in [0.29, 0.717) is 25.2 Å². The molecule has 0 saturated heterocycles. The minimum atomic E-state index is -0.500. The van der Waals surface area contributed by atoms with Crippen LogP contribution in [0.1, 0.15) is 43.0 Å². The Balaban J connectivity index is 1.78. The van der Waals surface area contributed by atoms with Gasteiger partial charge in [-0.1, -0.05) is 36.4 Å². The molecule has 0 unspecified atom stereocenters. The molecular formula is C21H27FN2O2. The van der Waals surface area contributed by atoms with Gasteiger partial charge in [-0.25, -0.2) is 9.18 Å². The Morgan fingerprint density at radius 1 is 1.00 bits per heavy atom. The first-order valence-electron chi connectivity index (χ1n) is 8.74. The summed E-state index contributed by atoms with van der Waals surface area (Å²) >= 11 is 0. The first-order valence-corrected chi connectivity index (χ1v) is 8.74. The predicted octanol–water partition coefficient (Wildman–Crippen LogP) is 4.45. The average Bonchev–Trinajstić information content (AvgIpc) is 2.56. The van der Waals surface area contributed by atoms with Crippen LogP contribution in [0, 0.1) is 12.7 Å². The molecule has 0 aliphatic rings. The second kappa shape index (κ2) is 8.81. The van der Waals surface area contributed by atoms with Gasteiger partial charge in [0.05, 0.1) is 0 Å². The molecule has 0 radical (unpaired) electrons. The van der Waals surface area contributed by atoms with Gasteiger partial charge in [-0.3, -0.25) is 0 Å². The molecule has 2 aromatic carbocycles. The predicted molar refractivity (Wildman–Crippen MR) is 101 cm³/mol. The summed E-state index contributed by atoms with van der Waals surface area (Å²) in [4.78, 5) is 11.7. The van der Waals surface area contributed by atoms with Crippen LogP contribution >= 0.6 is 0 Å². The van der Waals surface area contributed by atoms with Crippen molar-refractivity contribution in [3.8, 4) is 0 Å². The first kappa shape index (κ1) is 19.9. The molecule has 0 bridgehead atoms. The van der Waals surface area contributed by atoms with E-state index >= 15 is 0 Å². The van der Waals surface area contributed by atoms with E-state index in [9.17, 15) is 9.18 Å². The normalized spacial score (nSPS) is 11.3. The van der Waals surface area contributed by atoms with Crippen molar-refractivity contribution in [1.82, 2.24) is 10.6 Å². The fourth-order valence-corrected chi connectivity index (χ4v) is 2.45. The first-order chi connectivity index (χ1) is 12.2. The Hall–Kier alpha value is -2.40. The fourth-order valence-electron chi connectivity index (χ4n) is 2.45. The van der Waals surface area contributed by atoms with Crippen molar-refractivity contribution >= 4 is 6.09 Å². The van der Waals surface area contributed by atoms with Crippen molar-refractivity contribution in [3.63, 3.8) is 0 Å². The zero-order valence-corrected chi connectivity index (χ0v) is 15.9. The van der Waals surface area contributed by atoms with Crippen molar-refractivity contribution in [3.05, 3.63) is 70.5 Å². The summed E-state index contributed by atoms with van der Waals surface area (Å²) in [6, 6.07) is 13.1. The summed E-state index contributed by atoms with van der Waals surface area (Å²) in [7, 11) is 0. The SMILES string of the molecule is Cc1c(F)cccc1CNCc1ccc(CNC(=O)OC(C)(C)C)cc1. The van der Waals surface area contributed by atoms with Gasteiger partial charge in [-0.15, -0.1) is 0 Å². The molecule has 2 N–H and O–H groups in total. The Morgan fingerprint density at radius 2 is 1.62 bits per heavy atom. The average molecular weight is 358 g/mol. The number of ether oxygens (including phenoxy) is 1. The van der Waals surface area contributed by atoms with Gasteiger partial charge in [-0.05, 0) is 56.0 Å². The fraction of sp³-hybridized carbons (Fsp3) is 0.381. The van der Waals surface area contributed by atoms with Crippen LogP contribution in [0.15, 0.2) is 42.5 Å². The number of halogens is 1. The van der Waals surface area contributed by atoms with Gasteiger partial charge in [0.25, 0.3) is 0 Å². The number of hydrogen-bond acceptors (Lipinski definition) is 3. The number of alkyl carbamates (subject to hydrolysis) is 1. The third-order valence-corrected chi connectivity index (χ3v) is 3.88. The minimum absolute atomic E-state index is 0.175. The summed E-state index contributed by atoms with van der Waals surface area (Å²) in [5.74, 6) is -0.175. The molecule has 0 heterocycles. The van der Waals surface area contributed by atoms with E-state index in [1.165, 1.54) is 6.07 Å². The molecule has 4 nitrogen and oxygen atoms in total. The van der Waals surface area contributed by atoms with E-state index in [-0.39, 0.29) is 5.82 Å². The molecule has 0 saturated carbocycles. The number of amides is 1. The Bertz CT molecular complexity index is 737. The van der Waals surface area contributed by atoms with Crippen LogP contribution < -0.4 is 10.6 Å². The maximum Gasteiger partial charge on any atom is 0.407 e. The molecule has 140 valence electrons. The van der Waals surface area contributed by atoms with Crippen LogP contribution in [0.3, 0.4) is 0 Å². The molecule has 0 fully saturated rings. The van der Waals surface area contributed by atoms with Crippen LogP contribution in [-0.4, -0.2) is 11.7 Å². The monoisotopic (exact) mass is 358 g/mol. The van der Waals surface area contributed by atoms with Crippen LogP contribution in [0.2, 0.25) is 0 Å². The molecule has 2 rings (SSSR count). The highest BCUT2D eigenvalue weighted by molar-refractivity contribution is 5.67. The van der Waals surface area contributed by atoms with Crippen molar-refractivity contribution in [1.29, 1.82) is 0 Å². The van der Waals surface area contributed by atoms with E-state index in [0.717, 1.165) is 16.7 Å². The second-order valence-electron chi connectivity index (χ2n) is 7.30. The summed E-state index contributed by atoms with van der Waals surface area (Å²) in [6.45, 7) is 9.02. The smallest absolute Gasteiger partial charge is 0.407 e. The minimum Gasteiger partial charge on any atom is -0.444 e. The summed E-state index contributed by atoms with van der Waals surface area (Å²) in [5, 5.41) is 6.06. The molecule has 0 aliphatic heterocycles. The zero-order valence-electron chi connectivity index (χ0n) is 15.9. The van der Waals surface area contributed by atoms with Gasteiger partial charge < -0.3 is 15.4 Å². The molecule has 0 aliphatic carbocycles. The van der Waals surface area contributed by atoms with Gasteiger partial charge in [0.2, 0.25) is 0 Å². The number of nitrogens with one attached hydrogen (secondary N) is 2. The zero-order chi connectivity index (χ0) is 19.2. The second-order valence-corrected chi connectivity index (χ2v) is 7.30. The van der Waals surface area contributed by atoms with Crippen LogP contribution in [-0.2, 0) is 24.4 Å². The van der Waals surface area contributed by atoms with Gasteiger partial charge in [0.1, 0.15) is 11.4 Å². The van der Waals surface area contributed by atoms with Crippen molar-refractivity contribution in [2.75, 3.05) is 0 Å². The Labute approximate surface area is 154 Å². The number of benzene rings is 2. The lowest BCUT2D eigenvalue weighted by Crippen LogP contribution is -2.32. The van der Waals surface area contributed by atoms with Crippen LogP contribution in [0.25, 0.3) is 0 Å². The third-order valence-electron chi connectivity index (χ3n) is 3.88. The largest absolute Gasteiger partial charge is 0.444 e. The third kappa shape index (κ3) is 6.48. The topological polar surface area (TPSA) is 50.4 Å². The molecule has 2 aromatic rings. The molecule has 0 spiro atoms. The number of hydrogen-bond donors (Lipinski definition) is 2.